The summed E-state index contributed by atoms with van der Waals surface area (Å²) in [6.07, 6.45) is 1.73. The van der Waals surface area contributed by atoms with Gasteiger partial charge in [0, 0.05) is 25.6 Å². The summed E-state index contributed by atoms with van der Waals surface area (Å²) in [5, 5.41) is 17.3. The minimum absolute atomic E-state index is 0.0949. The molecule has 0 amide bonds. The molecule has 1 heterocycles. The van der Waals surface area contributed by atoms with E-state index in [2.05, 4.69) is 39.9 Å². The highest BCUT2D eigenvalue weighted by molar-refractivity contribution is 5.79. The number of nitrogens with one attached hydrogen (secondary N) is 2. The van der Waals surface area contributed by atoms with Crippen molar-refractivity contribution >= 4 is 5.96 Å². The van der Waals surface area contributed by atoms with Gasteiger partial charge in [-0.05, 0) is 56.9 Å². The smallest absolute Gasteiger partial charge is 0.191 e. The van der Waals surface area contributed by atoms with Gasteiger partial charge in [0.2, 0.25) is 0 Å². The molecule has 1 fully saturated rings. The Morgan fingerprint density at radius 3 is 2.56 bits per heavy atom. The number of rotatable bonds is 9. The van der Waals surface area contributed by atoms with Gasteiger partial charge in [-0.1, -0.05) is 42.5 Å². The fraction of sp³-hybridized carbons (Fsp3) is 0.500. The van der Waals surface area contributed by atoms with Crippen LogP contribution < -0.4 is 15.4 Å². The van der Waals surface area contributed by atoms with E-state index in [-0.39, 0.29) is 18.8 Å². The van der Waals surface area contributed by atoms with Crippen molar-refractivity contribution in [2.45, 2.75) is 51.9 Å². The van der Waals surface area contributed by atoms with Crippen LogP contribution in [0.2, 0.25) is 0 Å². The fourth-order valence-electron chi connectivity index (χ4n) is 3.96. The van der Waals surface area contributed by atoms with Crippen molar-refractivity contribution in [1.29, 1.82) is 0 Å². The Morgan fingerprint density at radius 2 is 1.88 bits per heavy atom. The number of ether oxygens (including phenoxy) is 2. The Kier molecular flexibility index (Phi) is 9.38. The van der Waals surface area contributed by atoms with Gasteiger partial charge in [-0.3, -0.25) is 4.99 Å². The number of aliphatic hydroxyl groups is 1. The summed E-state index contributed by atoms with van der Waals surface area (Å²) >= 11 is 0. The van der Waals surface area contributed by atoms with Crippen LogP contribution >= 0.6 is 0 Å². The first-order valence-corrected chi connectivity index (χ1v) is 11.7. The number of hydrogen-bond acceptors (Lipinski definition) is 4. The van der Waals surface area contributed by atoms with Crippen molar-refractivity contribution in [2.24, 2.45) is 10.9 Å². The lowest BCUT2D eigenvalue weighted by molar-refractivity contribution is -0.0265. The maximum atomic E-state index is 10.6. The molecule has 3 atom stereocenters. The monoisotopic (exact) mass is 439 g/mol. The second-order valence-corrected chi connectivity index (χ2v) is 8.46. The molecule has 2 aromatic carbocycles. The Morgan fingerprint density at radius 1 is 1.12 bits per heavy atom. The molecule has 1 aliphatic heterocycles. The molecule has 0 aliphatic carbocycles. The molecule has 3 N–H and O–H groups in total. The van der Waals surface area contributed by atoms with Gasteiger partial charge in [0.05, 0.1) is 24.9 Å². The third-order valence-corrected chi connectivity index (χ3v) is 5.51. The molecular formula is C26H37N3O3. The second-order valence-electron chi connectivity index (χ2n) is 8.46. The molecule has 1 aliphatic rings. The van der Waals surface area contributed by atoms with E-state index in [1.54, 1.807) is 0 Å². The second kappa shape index (κ2) is 12.5. The first kappa shape index (κ1) is 24.1. The predicted octanol–water partition coefficient (Wildman–Crippen LogP) is 4.23. The van der Waals surface area contributed by atoms with Crippen LogP contribution in [-0.2, 0) is 4.74 Å². The van der Waals surface area contributed by atoms with Crippen LogP contribution in [0, 0.1) is 5.92 Å². The number of nitrogens with zero attached hydrogens (tertiary/aromatic N) is 1. The number of hydrogen-bond donors (Lipinski definition) is 3. The summed E-state index contributed by atoms with van der Waals surface area (Å²) in [5.74, 6) is 1.88. The van der Waals surface area contributed by atoms with Crippen molar-refractivity contribution in [3.05, 3.63) is 65.7 Å². The average molecular weight is 440 g/mol. The van der Waals surface area contributed by atoms with E-state index in [1.165, 1.54) is 5.56 Å². The summed E-state index contributed by atoms with van der Waals surface area (Å²) in [4.78, 5) is 4.62. The molecule has 0 bridgehead atoms. The predicted molar refractivity (Wildman–Crippen MR) is 129 cm³/mol. The van der Waals surface area contributed by atoms with Crippen LogP contribution in [0.15, 0.2) is 59.6 Å². The average Bonchev–Trinajstić information content (AvgIpc) is 2.81. The van der Waals surface area contributed by atoms with Crippen LogP contribution in [0.3, 0.4) is 0 Å². The zero-order valence-electron chi connectivity index (χ0n) is 19.5. The molecular weight excluding hydrogens is 402 g/mol. The lowest BCUT2D eigenvalue weighted by Crippen LogP contribution is -2.42. The molecule has 0 saturated carbocycles. The van der Waals surface area contributed by atoms with E-state index in [0.29, 0.717) is 11.9 Å². The maximum Gasteiger partial charge on any atom is 0.191 e. The van der Waals surface area contributed by atoms with Crippen LogP contribution in [0.4, 0.5) is 0 Å². The molecule has 6 nitrogen and oxygen atoms in total. The van der Waals surface area contributed by atoms with E-state index in [0.717, 1.165) is 43.9 Å². The van der Waals surface area contributed by atoms with Crippen molar-refractivity contribution < 1.29 is 14.6 Å². The van der Waals surface area contributed by atoms with Crippen LogP contribution in [-0.4, -0.2) is 43.4 Å². The van der Waals surface area contributed by atoms with E-state index >= 15 is 0 Å². The van der Waals surface area contributed by atoms with Crippen molar-refractivity contribution in [2.75, 3.05) is 26.2 Å². The van der Waals surface area contributed by atoms with Gasteiger partial charge >= 0.3 is 0 Å². The van der Waals surface area contributed by atoms with Gasteiger partial charge in [0.1, 0.15) is 5.75 Å². The van der Waals surface area contributed by atoms with Crippen molar-refractivity contribution in [3.63, 3.8) is 0 Å². The first-order chi connectivity index (χ1) is 15.6. The molecule has 0 aromatic heterocycles. The molecule has 0 spiro atoms. The third kappa shape index (κ3) is 7.24. The number of guanidine groups is 1. The molecule has 1 saturated heterocycles. The summed E-state index contributed by atoms with van der Waals surface area (Å²) in [6, 6.07) is 18.0. The normalized spacial score (nSPS) is 20.1. The summed E-state index contributed by atoms with van der Waals surface area (Å²) in [6.45, 7) is 8.63. The Bertz CT molecular complexity index is 824. The number of aliphatic imine (C=N–C) groups is 1. The molecule has 0 radical (unpaired) electrons. The zero-order valence-corrected chi connectivity index (χ0v) is 19.5. The fourth-order valence-corrected chi connectivity index (χ4v) is 3.96. The van der Waals surface area contributed by atoms with E-state index in [1.807, 2.05) is 51.1 Å². The van der Waals surface area contributed by atoms with Crippen molar-refractivity contribution in [1.82, 2.24) is 10.6 Å². The Labute approximate surface area is 192 Å². The standard InChI is InChI=1S/C26H37N3O3/c1-4-27-26(29-18-24(30)20-12-14-23(15-13-20)32-19(2)3)28-17-22-11-8-16-31-25(22)21-9-6-5-7-10-21/h5-7,9-10,12-15,19,22,24-25,30H,4,8,11,16-18H2,1-3H3,(H2,27,28,29). The van der Waals surface area contributed by atoms with Crippen LogP contribution in [0.1, 0.15) is 56.9 Å². The highest BCUT2D eigenvalue weighted by Gasteiger charge is 2.27. The number of aliphatic hydroxyl groups excluding tert-OH is 1. The summed E-state index contributed by atoms with van der Waals surface area (Å²) in [7, 11) is 0. The van der Waals surface area contributed by atoms with Gasteiger partial charge in [-0.2, -0.15) is 0 Å². The van der Waals surface area contributed by atoms with E-state index in [4.69, 9.17) is 9.47 Å². The molecule has 174 valence electrons. The van der Waals surface area contributed by atoms with Crippen LogP contribution in [0.25, 0.3) is 0 Å². The largest absolute Gasteiger partial charge is 0.491 e. The lowest BCUT2D eigenvalue weighted by Gasteiger charge is -2.32. The highest BCUT2D eigenvalue weighted by atomic mass is 16.5. The Balaban J connectivity index is 1.58. The molecule has 6 heteroatoms. The van der Waals surface area contributed by atoms with Crippen LogP contribution in [0.5, 0.6) is 5.75 Å². The van der Waals surface area contributed by atoms with Crippen molar-refractivity contribution in [3.8, 4) is 5.75 Å². The third-order valence-electron chi connectivity index (χ3n) is 5.51. The van der Waals surface area contributed by atoms with E-state index in [9.17, 15) is 5.11 Å². The Hall–Kier alpha value is -2.57. The van der Waals surface area contributed by atoms with Gasteiger partial charge < -0.3 is 25.2 Å². The minimum Gasteiger partial charge on any atom is -0.491 e. The molecule has 2 aromatic rings. The quantitative estimate of drug-likeness (QED) is 0.403. The SMILES string of the molecule is CCNC(=NCC(O)c1ccc(OC(C)C)cc1)NCC1CCCOC1c1ccccc1. The van der Waals surface area contributed by atoms with Gasteiger partial charge in [-0.25, -0.2) is 0 Å². The van der Waals surface area contributed by atoms with E-state index < -0.39 is 6.10 Å². The molecule has 3 rings (SSSR count). The molecule has 32 heavy (non-hydrogen) atoms. The molecule has 3 unspecified atom stereocenters. The summed E-state index contributed by atoms with van der Waals surface area (Å²) in [5.41, 5.74) is 2.05. The van der Waals surface area contributed by atoms with Gasteiger partial charge in [0.15, 0.2) is 5.96 Å². The minimum atomic E-state index is -0.673. The topological polar surface area (TPSA) is 75.1 Å². The summed E-state index contributed by atoms with van der Waals surface area (Å²) < 4.78 is 11.8. The maximum absolute atomic E-state index is 10.6. The number of benzene rings is 2. The van der Waals surface area contributed by atoms with Gasteiger partial charge in [-0.15, -0.1) is 0 Å². The van der Waals surface area contributed by atoms with Gasteiger partial charge in [0.25, 0.3) is 0 Å². The highest BCUT2D eigenvalue weighted by Crippen LogP contribution is 2.33. The first-order valence-electron chi connectivity index (χ1n) is 11.7. The lowest BCUT2D eigenvalue weighted by atomic mass is 9.89. The zero-order chi connectivity index (χ0) is 22.8.